The molecule has 26 heavy (non-hydrogen) atoms. The third kappa shape index (κ3) is 2.62. The number of hydrogen-bond donors (Lipinski definition) is 2. The third-order valence-electron chi connectivity index (χ3n) is 5.40. The summed E-state index contributed by atoms with van der Waals surface area (Å²) >= 11 is 6.19. The van der Waals surface area contributed by atoms with Gasteiger partial charge in [0.25, 0.3) is 0 Å². The summed E-state index contributed by atoms with van der Waals surface area (Å²) in [6.07, 6.45) is 4.19. The maximum atomic E-state index is 12.8. The van der Waals surface area contributed by atoms with E-state index in [1.54, 1.807) is 12.1 Å². The number of hydrogen-bond acceptors (Lipinski definition) is 5. The van der Waals surface area contributed by atoms with E-state index >= 15 is 0 Å². The van der Waals surface area contributed by atoms with Crippen molar-refractivity contribution in [1.82, 2.24) is 5.32 Å². The molecular formula is C20H20ClNO4. The molecule has 136 valence electrons. The van der Waals surface area contributed by atoms with Crippen LogP contribution in [0.2, 0.25) is 5.02 Å². The number of nitrogens with one attached hydrogen (secondary N) is 1. The van der Waals surface area contributed by atoms with Crippen molar-refractivity contribution in [2.75, 3.05) is 7.11 Å². The van der Waals surface area contributed by atoms with Gasteiger partial charge in [0, 0.05) is 41.3 Å². The lowest BCUT2D eigenvalue weighted by Gasteiger charge is -2.37. The highest BCUT2D eigenvalue weighted by molar-refractivity contribution is 6.32. The van der Waals surface area contributed by atoms with Crippen LogP contribution in [0.4, 0.5) is 0 Å². The van der Waals surface area contributed by atoms with E-state index in [4.69, 9.17) is 16.3 Å². The van der Waals surface area contributed by atoms with Crippen LogP contribution in [0.1, 0.15) is 50.0 Å². The molecule has 1 aromatic rings. The van der Waals surface area contributed by atoms with E-state index in [-0.39, 0.29) is 28.1 Å². The van der Waals surface area contributed by atoms with Crippen molar-refractivity contribution in [3.63, 3.8) is 0 Å². The Morgan fingerprint density at radius 3 is 2.15 bits per heavy atom. The number of carbonyl (C=O) groups excluding carboxylic acids is 2. The number of halogens is 1. The van der Waals surface area contributed by atoms with Crippen LogP contribution in [0.25, 0.3) is 0 Å². The van der Waals surface area contributed by atoms with E-state index in [1.807, 2.05) is 0 Å². The molecular weight excluding hydrogens is 354 g/mol. The molecule has 0 spiro atoms. The number of aromatic hydroxyl groups is 1. The molecule has 0 amide bonds. The summed E-state index contributed by atoms with van der Waals surface area (Å²) in [5.74, 6) is -0.218. The van der Waals surface area contributed by atoms with Gasteiger partial charge in [0.15, 0.2) is 23.1 Å². The average Bonchev–Trinajstić information content (AvgIpc) is 2.63. The molecule has 1 heterocycles. The third-order valence-corrected chi connectivity index (χ3v) is 5.68. The monoisotopic (exact) mass is 373 g/mol. The van der Waals surface area contributed by atoms with Gasteiger partial charge in [-0.15, -0.1) is 0 Å². The summed E-state index contributed by atoms with van der Waals surface area (Å²) in [5.41, 5.74) is 3.87. The van der Waals surface area contributed by atoms with E-state index in [9.17, 15) is 14.7 Å². The minimum absolute atomic E-state index is 0.0665. The van der Waals surface area contributed by atoms with Crippen LogP contribution < -0.4 is 10.1 Å². The minimum atomic E-state index is -0.450. The van der Waals surface area contributed by atoms with Gasteiger partial charge in [-0.2, -0.15) is 0 Å². The Morgan fingerprint density at radius 1 is 1.04 bits per heavy atom. The second kappa shape index (κ2) is 6.47. The number of allylic oxidation sites excluding steroid dienone is 4. The van der Waals surface area contributed by atoms with E-state index in [2.05, 4.69) is 5.32 Å². The maximum Gasteiger partial charge on any atom is 0.176 e. The molecule has 4 rings (SSSR count). The van der Waals surface area contributed by atoms with Gasteiger partial charge in [0.1, 0.15) is 0 Å². The summed E-state index contributed by atoms with van der Waals surface area (Å²) in [6, 6.07) is 3.31. The van der Waals surface area contributed by atoms with Crippen LogP contribution in [-0.2, 0) is 9.59 Å². The van der Waals surface area contributed by atoms with E-state index in [1.165, 1.54) is 7.11 Å². The molecule has 2 N–H and O–H groups in total. The summed E-state index contributed by atoms with van der Waals surface area (Å²) < 4.78 is 5.23. The first-order valence-electron chi connectivity index (χ1n) is 8.87. The van der Waals surface area contributed by atoms with Crippen molar-refractivity contribution in [2.45, 2.75) is 44.4 Å². The van der Waals surface area contributed by atoms with Crippen LogP contribution in [0, 0.1) is 0 Å². The van der Waals surface area contributed by atoms with Crippen LogP contribution in [0.5, 0.6) is 11.5 Å². The number of carbonyl (C=O) groups is 2. The van der Waals surface area contributed by atoms with Crippen molar-refractivity contribution in [2.24, 2.45) is 0 Å². The number of benzene rings is 1. The largest absolute Gasteiger partial charge is 0.503 e. The Hall–Kier alpha value is -2.27. The van der Waals surface area contributed by atoms with E-state index < -0.39 is 5.92 Å². The van der Waals surface area contributed by atoms with Gasteiger partial charge in [-0.1, -0.05) is 11.6 Å². The second-order valence-electron chi connectivity index (χ2n) is 6.95. The lowest BCUT2D eigenvalue weighted by molar-refractivity contribution is -0.116. The molecule has 0 bridgehead atoms. The molecule has 0 radical (unpaired) electrons. The summed E-state index contributed by atoms with van der Waals surface area (Å²) in [6.45, 7) is 0. The zero-order chi connectivity index (χ0) is 18.4. The van der Waals surface area contributed by atoms with Crippen LogP contribution in [-0.4, -0.2) is 23.8 Å². The smallest absolute Gasteiger partial charge is 0.176 e. The molecule has 2 aliphatic carbocycles. The topological polar surface area (TPSA) is 75.6 Å². The van der Waals surface area contributed by atoms with E-state index in [0.29, 0.717) is 29.6 Å². The Labute approximate surface area is 156 Å². The first kappa shape index (κ1) is 17.2. The Morgan fingerprint density at radius 2 is 1.62 bits per heavy atom. The number of dihydropyridines is 1. The van der Waals surface area contributed by atoms with E-state index in [0.717, 1.165) is 37.1 Å². The molecule has 0 fully saturated rings. The van der Waals surface area contributed by atoms with Crippen molar-refractivity contribution >= 4 is 23.2 Å². The zero-order valence-electron chi connectivity index (χ0n) is 14.5. The summed E-state index contributed by atoms with van der Waals surface area (Å²) in [4.78, 5) is 25.5. The highest BCUT2D eigenvalue weighted by Crippen LogP contribution is 2.47. The van der Waals surface area contributed by atoms with Crippen LogP contribution >= 0.6 is 11.6 Å². The fourth-order valence-corrected chi connectivity index (χ4v) is 4.45. The highest BCUT2D eigenvalue weighted by Gasteiger charge is 2.40. The lowest BCUT2D eigenvalue weighted by atomic mass is 9.71. The first-order chi connectivity index (χ1) is 12.5. The van der Waals surface area contributed by atoms with Gasteiger partial charge in [0.2, 0.25) is 0 Å². The maximum absolute atomic E-state index is 12.8. The molecule has 0 saturated carbocycles. The van der Waals surface area contributed by atoms with Crippen molar-refractivity contribution < 1.29 is 19.4 Å². The van der Waals surface area contributed by atoms with Crippen LogP contribution in [0.3, 0.4) is 0 Å². The molecule has 1 aromatic carbocycles. The number of phenols is 1. The Balaban J connectivity index is 1.94. The number of ketones is 2. The van der Waals surface area contributed by atoms with Crippen molar-refractivity contribution in [3.8, 4) is 11.5 Å². The Kier molecular flexibility index (Phi) is 4.27. The van der Waals surface area contributed by atoms with Gasteiger partial charge in [-0.3, -0.25) is 9.59 Å². The fraction of sp³-hybridized carbons (Fsp3) is 0.400. The Bertz CT molecular complexity index is 842. The van der Waals surface area contributed by atoms with Gasteiger partial charge in [-0.05, 0) is 43.4 Å². The van der Waals surface area contributed by atoms with Crippen molar-refractivity contribution in [3.05, 3.63) is 45.3 Å². The minimum Gasteiger partial charge on any atom is -0.503 e. The number of ether oxygens (including phenoxy) is 1. The van der Waals surface area contributed by atoms with Crippen molar-refractivity contribution in [1.29, 1.82) is 0 Å². The predicted molar refractivity (Wildman–Crippen MR) is 97.3 cm³/mol. The zero-order valence-corrected chi connectivity index (χ0v) is 15.3. The highest BCUT2D eigenvalue weighted by atomic mass is 35.5. The van der Waals surface area contributed by atoms with Gasteiger partial charge in [0.05, 0.1) is 12.1 Å². The molecule has 0 saturated heterocycles. The predicted octanol–water partition coefficient (Wildman–Crippen LogP) is 3.76. The quantitative estimate of drug-likeness (QED) is 0.825. The number of phenolic OH excluding ortho intramolecular Hbond substituents is 1. The molecule has 1 aliphatic heterocycles. The van der Waals surface area contributed by atoms with Gasteiger partial charge >= 0.3 is 0 Å². The number of Topliss-reactive ketones (excluding diaryl/α,β-unsaturated/α-hetero) is 2. The fourth-order valence-electron chi connectivity index (χ4n) is 4.23. The summed E-state index contributed by atoms with van der Waals surface area (Å²) in [5, 5.41) is 13.6. The second-order valence-corrected chi connectivity index (χ2v) is 7.36. The average molecular weight is 374 g/mol. The number of rotatable bonds is 2. The molecule has 5 nitrogen and oxygen atoms in total. The normalized spacial score (nSPS) is 20.7. The SMILES string of the molecule is COc1cc(C2C3=C(CCCC3=O)NC3=C2C(=O)CCC3)cc(Cl)c1O. The van der Waals surface area contributed by atoms with Crippen LogP contribution in [0.15, 0.2) is 34.7 Å². The molecule has 3 aliphatic rings. The van der Waals surface area contributed by atoms with Gasteiger partial charge in [-0.25, -0.2) is 0 Å². The molecule has 6 heteroatoms. The first-order valence-corrected chi connectivity index (χ1v) is 9.25. The standard InChI is InChI=1S/C20H20ClNO4/c1-26-16-9-10(8-11(21)20(16)25)17-18-12(4-2-6-14(18)23)22-13-5-3-7-15(24)19(13)17/h8-9,17,22,25H,2-7H2,1H3. The number of methoxy groups -OCH3 is 1. The molecule has 0 unspecified atom stereocenters. The molecule has 0 atom stereocenters. The summed E-state index contributed by atoms with van der Waals surface area (Å²) in [7, 11) is 1.45. The lowest BCUT2D eigenvalue weighted by Crippen LogP contribution is -2.36. The molecule has 0 aromatic heterocycles. The van der Waals surface area contributed by atoms with Gasteiger partial charge < -0.3 is 15.2 Å².